The van der Waals surface area contributed by atoms with Crippen molar-refractivity contribution in [3.8, 4) is 0 Å². The van der Waals surface area contributed by atoms with Crippen molar-refractivity contribution in [3.05, 3.63) is 45.8 Å². The van der Waals surface area contributed by atoms with Gasteiger partial charge in [-0.2, -0.15) is 4.31 Å². The number of hydrogen-bond acceptors (Lipinski definition) is 8. The number of carbonyl (C=O) groups is 3. The Hall–Kier alpha value is -2.80. The van der Waals surface area contributed by atoms with Crippen molar-refractivity contribution in [2.24, 2.45) is 0 Å². The molecule has 0 fully saturated rings. The number of benzene rings is 1. The van der Waals surface area contributed by atoms with Gasteiger partial charge in [-0.05, 0) is 63.4 Å². The first-order valence-corrected chi connectivity index (χ1v) is 15.6. The van der Waals surface area contributed by atoms with Gasteiger partial charge in [-0.1, -0.05) is 20.3 Å². The normalized spacial score (nSPS) is 13.8. The number of unbranched alkanes of at least 4 members (excludes halogenated alkanes) is 1. The topological polar surface area (TPSA) is 125 Å². The zero-order chi connectivity index (χ0) is 28.7. The van der Waals surface area contributed by atoms with Gasteiger partial charge in [0, 0.05) is 42.7 Å². The zero-order valence-corrected chi connectivity index (χ0v) is 24.8. The minimum absolute atomic E-state index is 0.117. The highest BCUT2D eigenvalue weighted by Crippen LogP contribution is 2.38. The highest BCUT2D eigenvalue weighted by molar-refractivity contribution is 7.89. The van der Waals surface area contributed by atoms with Crippen LogP contribution in [0, 0.1) is 0 Å². The molecule has 10 nitrogen and oxygen atoms in total. The number of thiophene rings is 1. The molecule has 0 spiro atoms. The zero-order valence-electron chi connectivity index (χ0n) is 23.2. The van der Waals surface area contributed by atoms with Crippen LogP contribution in [0.2, 0.25) is 0 Å². The Kier molecular flexibility index (Phi) is 10.6. The van der Waals surface area contributed by atoms with Crippen molar-refractivity contribution in [1.29, 1.82) is 0 Å². The molecular weight excluding hydrogens is 540 g/mol. The fraction of sp³-hybridized carbons (Fsp3) is 0.519. The van der Waals surface area contributed by atoms with Crippen molar-refractivity contribution in [2.75, 3.05) is 31.6 Å². The third kappa shape index (κ3) is 7.24. The van der Waals surface area contributed by atoms with Gasteiger partial charge in [0.1, 0.15) is 5.00 Å². The molecule has 3 rings (SSSR count). The lowest BCUT2D eigenvalue weighted by Gasteiger charge is -2.30. The molecule has 2 N–H and O–H groups in total. The predicted octanol–water partition coefficient (Wildman–Crippen LogP) is 4.46. The van der Waals surface area contributed by atoms with Crippen molar-refractivity contribution in [1.82, 2.24) is 14.5 Å². The third-order valence-corrected chi connectivity index (χ3v) is 9.75. The number of ether oxygens (including phenoxy) is 1. The lowest BCUT2D eigenvalue weighted by molar-refractivity contribution is 0.0924. The number of sulfonamides is 1. The van der Waals surface area contributed by atoms with E-state index in [-0.39, 0.29) is 22.6 Å². The molecule has 0 saturated carbocycles. The van der Waals surface area contributed by atoms with Gasteiger partial charge >= 0.3 is 6.09 Å². The first kappa shape index (κ1) is 30.7. The molecule has 1 aliphatic rings. The minimum atomic E-state index is -3.67. The number of carbonyl (C=O) groups excluding carboxylic acids is 3. The van der Waals surface area contributed by atoms with Gasteiger partial charge < -0.3 is 10.1 Å². The van der Waals surface area contributed by atoms with E-state index in [0.717, 1.165) is 29.8 Å². The molecule has 2 aromatic rings. The number of imide groups is 1. The SMILES string of the molecule is CCCCN(CC)S(=O)(=O)c1ccc(C(=O)Nc2sc3c(c2C(=O)NC(=O)OCC)CCN(C(C)C)C3)cc1. The van der Waals surface area contributed by atoms with Crippen molar-refractivity contribution in [3.63, 3.8) is 0 Å². The second-order valence-electron chi connectivity index (χ2n) is 9.53. The lowest BCUT2D eigenvalue weighted by Crippen LogP contribution is -2.36. The van der Waals surface area contributed by atoms with Crippen LogP contribution in [-0.2, 0) is 27.7 Å². The summed E-state index contributed by atoms with van der Waals surface area (Å²) in [5, 5.41) is 5.41. The van der Waals surface area contributed by atoms with Gasteiger partial charge in [0.15, 0.2) is 0 Å². The van der Waals surface area contributed by atoms with E-state index in [1.54, 1.807) is 13.8 Å². The number of amides is 3. The second-order valence-corrected chi connectivity index (χ2v) is 12.6. The van der Waals surface area contributed by atoms with E-state index in [4.69, 9.17) is 4.74 Å². The Labute approximate surface area is 234 Å². The molecule has 1 aromatic carbocycles. The molecule has 1 aliphatic heterocycles. The number of anilines is 1. The summed E-state index contributed by atoms with van der Waals surface area (Å²) >= 11 is 1.31. The van der Waals surface area contributed by atoms with Crippen LogP contribution >= 0.6 is 11.3 Å². The van der Waals surface area contributed by atoms with E-state index in [2.05, 4.69) is 29.4 Å². The number of fused-ring (bicyclic) bond motifs is 1. The number of nitrogens with one attached hydrogen (secondary N) is 2. The van der Waals surface area contributed by atoms with E-state index >= 15 is 0 Å². The quantitative estimate of drug-likeness (QED) is 0.403. The van der Waals surface area contributed by atoms with Crippen molar-refractivity contribution < 1.29 is 27.5 Å². The lowest BCUT2D eigenvalue weighted by atomic mass is 10.0. The monoisotopic (exact) mass is 578 g/mol. The maximum Gasteiger partial charge on any atom is 0.414 e. The van der Waals surface area contributed by atoms with E-state index < -0.39 is 27.9 Å². The Morgan fingerprint density at radius 2 is 1.79 bits per heavy atom. The Balaban J connectivity index is 1.87. The largest absolute Gasteiger partial charge is 0.450 e. The maximum absolute atomic E-state index is 13.2. The average Bonchev–Trinajstić information content (AvgIpc) is 3.26. The number of hydrogen-bond donors (Lipinski definition) is 2. The van der Waals surface area contributed by atoms with Gasteiger partial charge in [-0.15, -0.1) is 11.3 Å². The van der Waals surface area contributed by atoms with Gasteiger partial charge in [0.05, 0.1) is 17.1 Å². The summed E-state index contributed by atoms with van der Waals surface area (Å²) in [4.78, 5) is 41.6. The molecule has 1 aromatic heterocycles. The van der Waals surface area contributed by atoms with Crippen LogP contribution in [-0.4, -0.2) is 67.8 Å². The second kappa shape index (κ2) is 13.5. The molecule has 0 bridgehead atoms. The molecule has 0 unspecified atom stereocenters. The number of alkyl carbamates (subject to hydrolysis) is 1. The summed E-state index contributed by atoms with van der Waals surface area (Å²) in [5.74, 6) is -1.12. The maximum atomic E-state index is 13.2. The number of nitrogens with zero attached hydrogens (tertiary/aromatic N) is 2. The highest BCUT2D eigenvalue weighted by atomic mass is 32.2. The van der Waals surface area contributed by atoms with Gasteiger partial charge in [0.25, 0.3) is 11.8 Å². The van der Waals surface area contributed by atoms with Crippen LogP contribution < -0.4 is 10.6 Å². The van der Waals surface area contributed by atoms with E-state index in [1.165, 1.54) is 39.9 Å². The summed E-state index contributed by atoms with van der Waals surface area (Å²) in [6.07, 6.45) is 1.40. The van der Waals surface area contributed by atoms with Crippen LogP contribution in [0.5, 0.6) is 0 Å². The average molecular weight is 579 g/mol. The minimum Gasteiger partial charge on any atom is -0.450 e. The van der Waals surface area contributed by atoms with Gasteiger partial charge in [-0.25, -0.2) is 13.2 Å². The van der Waals surface area contributed by atoms with Gasteiger partial charge in [-0.3, -0.25) is 19.8 Å². The first-order chi connectivity index (χ1) is 18.5. The molecule has 0 aliphatic carbocycles. The van der Waals surface area contributed by atoms with Gasteiger partial charge in [0.2, 0.25) is 10.0 Å². The molecule has 0 radical (unpaired) electrons. The number of rotatable bonds is 11. The van der Waals surface area contributed by atoms with Crippen LogP contribution in [0.4, 0.5) is 9.80 Å². The molecule has 39 heavy (non-hydrogen) atoms. The van der Waals surface area contributed by atoms with Crippen LogP contribution in [0.15, 0.2) is 29.2 Å². The van der Waals surface area contributed by atoms with Crippen molar-refractivity contribution >= 4 is 44.3 Å². The molecule has 12 heteroatoms. The summed E-state index contributed by atoms with van der Waals surface area (Å²) in [6.45, 7) is 11.9. The Bertz CT molecular complexity index is 1290. The smallest absolute Gasteiger partial charge is 0.414 e. The highest BCUT2D eigenvalue weighted by Gasteiger charge is 2.31. The van der Waals surface area contributed by atoms with Crippen LogP contribution in [0.3, 0.4) is 0 Å². The first-order valence-electron chi connectivity index (χ1n) is 13.3. The summed E-state index contributed by atoms with van der Waals surface area (Å²) < 4.78 is 32.3. The predicted molar refractivity (Wildman–Crippen MR) is 152 cm³/mol. The Morgan fingerprint density at radius 3 is 2.38 bits per heavy atom. The molecule has 2 heterocycles. The summed E-state index contributed by atoms with van der Waals surface area (Å²) in [5.41, 5.74) is 1.31. The third-order valence-electron chi connectivity index (χ3n) is 6.63. The van der Waals surface area contributed by atoms with E-state index in [9.17, 15) is 22.8 Å². The molecule has 214 valence electrons. The van der Waals surface area contributed by atoms with E-state index in [1.807, 2.05) is 6.92 Å². The Morgan fingerprint density at radius 1 is 1.10 bits per heavy atom. The molecule has 0 saturated heterocycles. The fourth-order valence-corrected chi connectivity index (χ4v) is 7.15. The van der Waals surface area contributed by atoms with Crippen LogP contribution in [0.25, 0.3) is 0 Å². The van der Waals surface area contributed by atoms with Crippen LogP contribution in [0.1, 0.15) is 78.6 Å². The van der Waals surface area contributed by atoms with E-state index in [0.29, 0.717) is 37.1 Å². The van der Waals surface area contributed by atoms with Crippen molar-refractivity contribution in [2.45, 2.75) is 71.4 Å². The summed E-state index contributed by atoms with van der Waals surface area (Å²) in [7, 11) is -3.67. The standard InChI is InChI=1S/C27H38N4O6S2/c1-6-9-15-31(7-2)39(35,36)20-12-10-19(11-13-20)24(32)28-26-23(25(33)29-27(34)37-8-3)21-14-16-30(18(4)5)17-22(21)38-26/h10-13,18H,6-9,14-17H2,1-5H3,(H,28,32)(H,29,33,34). The summed E-state index contributed by atoms with van der Waals surface area (Å²) in [6, 6.07) is 6.08. The molecule has 0 atom stereocenters. The fourth-order valence-electron chi connectivity index (χ4n) is 4.40. The molecular formula is C27H38N4O6S2. The molecule has 3 amide bonds.